The smallest absolute Gasteiger partial charge is 0.319 e. The maximum atomic E-state index is 12.5. The van der Waals surface area contributed by atoms with Crippen molar-refractivity contribution in [2.45, 2.75) is 25.3 Å². The average molecular weight is 474 g/mol. The average Bonchev–Trinajstić information content (AvgIpc) is 2.88. The summed E-state index contributed by atoms with van der Waals surface area (Å²) < 4.78 is 5.59. The molecule has 1 aliphatic heterocycles. The molecule has 0 aliphatic carbocycles. The van der Waals surface area contributed by atoms with Gasteiger partial charge < -0.3 is 25.6 Å². The topological polar surface area (TPSA) is 95.6 Å². The van der Waals surface area contributed by atoms with Gasteiger partial charge in [-0.3, -0.25) is 9.78 Å². The molecule has 1 fully saturated rings. The molecule has 1 aromatic heterocycles. The fourth-order valence-corrected chi connectivity index (χ4v) is 4.02. The molecule has 8 heteroatoms. The number of urea groups is 1. The standard InChI is InChI=1S/C27H31N5O3/c33-26(29-22-5-2-1-3-6-22)20-35-25-8-4-7-24(19-25)31-27(34)30-23-12-17-32(18-13-23)16-11-21-9-14-28-15-10-21/h1-10,14-15,19,23H,11-13,16-18,20H2,(H,29,33)(H2,30,31,34). The van der Waals surface area contributed by atoms with Crippen molar-refractivity contribution in [1.82, 2.24) is 15.2 Å². The molecule has 4 rings (SSSR count). The molecular weight excluding hydrogens is 442 g/mol. The lowest BCUT2D eigenvalue weighted by molar-refractivity contribution is -0.118. The molecule has 35 heavy (non-hydrogen) atoms. The highest BCUT2D eigenvalue weighted by Crippen LogP contribution is 2.18. The molecule has 3 aromatic rings. The van der Waals surface area contributed by atoms with Crippen molar-refractivity contribution < 1.29 is 14.3 Å². The van der Waals surface area contributed by atoms with Crippen LogP contribution in [0.2, 0.25) is 0 Å². The molecular formula is C27H31N5O3. The molecule has 2 aromatic carbocycles. The van der Waals surface area contributed by atoms with E-state index in [0.29, 0.717) is 17.1 Å². The Bertz CT molecular complexity index is 1090. The van der Waals surface area contributed by atoms with Crippen LogP contribution in [0.25, 0.3) is 0 Å². The van der Waals surface area contributed by atoms with Crippen molar-refractivity contribution in [3.63, 3.8) is 0 Å². The minimum Gasteiger partial charge on any atom is -0.484 e. The van der Waals surface area contributed by atoms with Crippen LogP contribution < -0.4 is 20.7 Å². The number of amides is 3. The Morgan fingerprint density at radius 3 is 2.43 bits per heavy atom. The van der Waals surface area contributed by atoms with Crippen LogP contribution in [-0.2, 0) is 11.2 Å². The number of pyridine rings is 1. The van der Waals surface area contributed by atoms with Gasteiger partial charge in [-0.15, -0.1) is 0 Å². The lowest BCUT2D eigenvalue weighted by atomic mass is 10.0. The first-order valence-electron chi connectivity index (χ1n) is 11.9. The van der Waals surface area contributed by atoms with Crippen molar-refractivity contribution in [3.8, 4) is 5.75 Å². The summed E-state index contributed by atoms with van der Waals surface area (Å²) in [5.41, 5.74) is 2.62. The molecule has 1 aliphatic rings. The van der Waals surface area contributed by atoms with Crippen LogP contribution in [0.3, 0.4) is 0 Å². The number of benzene rings is 2. The lowest BCUT2D eigenvalue weighted by Crippen LogP contribution is -2.46. The predicted molar refractivity (Wildman–Crippen MR) is 137 cm³/mol. The largest absolute Gasteiger partial charge is 0.484 e. The number of nitrogens with one attached hydrogen (secondary N) is 3. The number of aromatic nitrogens is 1. The zero-order valence-electron chi connectivity index (χ0n) is 19.7. The van der Waals surface area contributed by atoms with Gasteiger partial charge in [0.25, 0.3) is 5.91 Å². The molecule has 3 N–H and O–H groups in total. The summed E-state index contributed by atoms with van der Waals surface area (Å²) in [5.74, 6) is 0.257. The van der Waals surface area contributed by atoms with E-state index in [4.69, 9.17) is 4.74 Å². The van der Waals surface area contributed by atoms with Crippen molar-refractivity contribution in [3.05, 3.63) is 84.7 Å². The number of ether oxygens (including phenoxy) is 1. The summed E-state index contributed by atoms with van der Waals surface area (Å²) in [6, 6.07) is 20.3. The van der Waals surface area contributed by atoms with Gasteiger partial charge in [0.2, 0.25) is 0 Å². The van der Waals surface area contributed by atoms with E-state index >= 15 is 0 Å². The Morgan fingerprint density at radius 2 is 1.66 bits per heavy atom. The number of para-hydroxylation sites is 1. The van der Waals surface area contributed by atoms with Crippen molar-refractivity contribution in [2.75, 3.05) is 36.9 Å². The zero-order chi connectivity index (χ0) is 24.3. The first kappa shape index (κ1) is 24.2. The van der Waals surface area contributed by atoms with E-state index in [-0.39, 0.29) is 24.6 Å². The van der Waals surface area contributed by atoms with Gasteiger partial charge in [0.05, 0.1) is 0 Å². The van der Waals surface area contributed by atoms with Crippen LogP contribution >= 0.6 is 0 Å². The van der Waals surface area contributed by atoms with E-state index in [0.717, 1.165) is 38.9 Å². The Morgan fingerprint density at radius 1 is 0.914 bits per heavy atom. The van der Waals surface area contributed by atoms with E-state index in [1.807, 2.05) is 42.7 Å². The van der Waals surface area contributed by atoms with Gasteiger partial charge in [-0.2, -0.15) is 0 Å². The highest BCUT2D eigenvalue weighted by atomic mass is 16.5. The maximum Gasteiger partial charge on any atom is 0.319 e. The van der Waals surface area contributed by atoms with Crippen molar-refractivity contribution in [1.29, 1.82) is 0 Å². The minimum absolute atomic E-state index is 0.121. The Kier molecular flexibility index (Phi) is 8.67. The summed E-state index contributed by atoms with van der Waals surface area (Å²) in [7, 11) is 0. The minimum atomic E-state index is -0.251. The highest BCUT2D eigenvalue weighted by Gasteiger charge is 2.20. The monoisotopic (exact) mass is 473 g/mol. The van der Waals surface area contributed by atoms with E-state index in [9.17, 15) is 9.59 Å². The molecule has 2 heterocycles. The number of carbonyl (C=O) groups is 2. The fourth-order valence-electron chi connectivity index (χ4n) is 4.02. The molecule has 0 atom stereocenters. The van der Waals surface area contributed by atoms with E-state index in [2.05, 4.69) is 38.0 Å². The van der Waals surface area contributed by atoms with Gasteiger partial charge in [0, 0.05) is 55.5 Å². The van der Waals surface area contributed by atoms with Gasteiger partial charge in [-0.05, 0) is 61.2 Å². The lowest BCUT2D eigenvalue weighted by Gasteiger charge is -2.32. The Balaban J connectivity index is 1.16. The van der Waals surface area contributed by atoms with Gasteiger partial charge in [0.1, 0.15) is 5.75 Å². The second-order valence-corrected chi connectivity index (χ2v) is 8.55. The molecule has 1 saturated heterocycles. The van der Waals surface area contributed by atoms with Crippen LogP contribution in [0.15, 0.2) is 79.1 Å². The number of piperidine rings is 1. The van der Waals surface area contributed by atoms with Crippen LogP contribution in [0, 0.1) is 0 Å². The number of hydrogen-bond acceptors (Lipinski definition) is 5. The van der Waals surface area contributed by atoms with Crippen LogP contribution in [0.1, 0.15) is 18.4 Å². The summed E-state index contributed by atoms with van der Waals surface area (Å²) in [5, 5.41) is 8.71. The molecule has 0 saturated carbocycles. The molecule has 0 spiro atoms. The fraction of sp³-hybridized carbons (Fsp3) is 0.296. The molecule has 0 unspecified atom stereocenters. The number of carbonyl (C=O) groups excluding carboxylic acids is 2. The highest BCUT2D eigenvalue weighted by molar-refractivity contribution is 5.92. The number of anilines is 2. The summed E-state index contributed by atoms with van der Waals surface area (Å²) in [6.07, 6.45) is 6.50. The van der Waals surface area contributed by atoms with Gasteiger partial charge in [-0.1, -0.05) is 24.3 Å². The van der Waals surface area contributed by atoms with E-state index in [1.54, 1.807) is 24.3 Å². The first-order valence-corrected chi connectivity index (χ1v) is 11.9. The van der Waals surface area contributed by atoms with Crippen LogP contribution in [0.5, 0.6) is 5.75 Å². The van der Waals surface area contributed by atoms with Crippen LogP contribution in [-0.4, -0.2) is 54.1 Å². The third-order valence-corrected chi connectivity index (χ3v) is 5.91. The van der Waals surface area contributed by atoms with Gasteiger partial charge in [0.15, 0.2) is 6.61 Å². The molecule has 8 nitrogen and oxygen atoms in total. The number of nitrogens with zero attached hydrogens (tertiary/aromatic N) is 2. The SMILES string of the molecule is O=C(COc1cccc(NC(=O)NC2CCN(CCc3ccncc3)CC2)c1)Nc1ccccc1. The zero-order valence-corrected chi connectivity index (χ0v) is 19.7. The number of hydrogen-bond donors (Lipinski definition) is 3. The normalized spacial score (nSPS) is 14.2. The number of likely N-dealkylation sites (tertiary alicyclic amines) is 1. The van der Waals surface area contributed by atoms with Crippen LogP contribution in [0.4, 0.5) is 16.2 Å². The van der Waals surface area contributed by atoms with Gasteiger partial charge >= 0.3 is 6.03 Å². The molecule has 0 bridgehead atoms. The van der Waals surface area contributed by atoms with Crippen molar-refractivity contribution in [2.24, 2.45) is 0 Å². The van der Waals surface area contributed by atoms with E-state index < -0.39 is 0 Å². The second kappa shape index (κ2) is 12.5. The second-order valence-electron chi connectivity index (χ2n) is 8.55. The molecule has 3 amide bonds. The Hall–Kier alpha value is -3.91. The summed E-state index contributed by atoms with van der Waals surface area (Å²) >= 11 is 0. The molecule has 0 radical (unpaired) electrons. The summed E-state index contributed by atoms with van der Waals surface area (Å²) in [6.45, 7) is 2.82. The third-order valence-electron chi connectivity index (χ3n) is 5.91. The quantitative estimate of drug-likeness (QED) is 0.438. The first-order chi connectivity index (χ1) is 17.1. The Labute approximate surface area is 205 Å². The predicted octanol–water partition coefficient (Wildman–Crippen LogP) is 3.93. The van der Waals surface area contributed by atoms with E-state index in [1.165, 1.54) is 5.56 Å². The van der Waals surface area contributed by atoms with Gasteiger partial charge in [-0.25, -0.2) is 4.79 Å². The molecule has 182 valence electrons. The third kappa shape index (κ3) is 8.12. The maximum absolute atomic E-state index is 12.5. The van der Waals surface area contributed by atoms with Crippen molar-refractivity contribution >= 4 is 23.3 Å². The number of rotatable bonds is 9. The summed E-state index contributed by atoms with van der Waals surface area (Å²) in [4.78, 5) is 31.1.